The number of aromatic nitrogens is 2. The number of hydrogen-bond acceptors (Lipinski definition) is 5. The quantitative estimate of drug-likeness (QED) is 0.826. The molecule has 3 rings (SSSR count). The fraction of sp³-hybridized carbons (Fsp3) is 0.438. The largest absolute Gasteiger partial charge is 0.411 e. The number of benzene rings is 1. The average Bonchev–Trinajstić information content (AvgIpc) is 3.20. The minimum absolute atomic E-state index is 0.0214. The van der Waals surface area contributed by atoms with Gasteiger partial charge in [0.15, 0.2) is 0 Å². The van der Waals surface area contributed by atoms with Crippen molar-refractivity contribution in [2.24, 2.45) is 0 Å². The smallest absolute Gasteiger partial charge is 0.277 e. The first kappa shape index (κ1) is 16.3. The van der Waals surface area contributed by atoms with Crippen molar-refractivity contribution in [2.75, 3.05) is 0 Å². The van der Waals surface area contributed by atoms with E-state index in [2.05, 4.69) is 15.5 Å². The first-order valence-corrected chi connectivity index (χ1v) is 8.94. The van der Waals surface area contributed by atoms with E-state index in [0.717, 1.165) is 18.4 Å². The zero-order valence-electron chi connectivity index (χ0n) is 12.8. The Balaban J connectivity index is 1.59. The van der Waals surface area contributed by atoms with E-state index in [1.54, 1.807) is 12.1 Å². The van der Waals surface area contributed by atoms with Crippen molar-refractivity contribution in [1.82, 2.24) is 15.5 Å². The van der Waals surface area contributed by atoms with Crippen LogP contribution in [-0.2, 0) is 4.79 Å². The molecular formula is C16H18ClN3O2S. The average molecular weight is 352 g/mol. The zero-order valence-corrected chi connectivity index (χ0v) is 14.4. The van der Waals surface area contributed by atoms with Crippen LogP contribution in [0, 0.1) is 0 Å². The number of nitrogens with one attached hydrogen (secondary N) is 1. The maximum atomic E-state index is 12.2. The monoisotopic (exact) mass is 351 g/mol. The van der Waals surface area contributed by atoms with E-state index in [-0.39, 0.29) is 11.2 Å². The lowest BCUT2D eigenvalue weighted by atomic mass is 10.2. The van der Waals surface area contributed by atoms with E-state index in [1.165, 1.54) is 24.6 Å². The standard InChI is InChI=1S/C16H18ClN3O2S/c1-10(14(21)18-13-4-2-3-5-13)23-16-20-19-15(22-16)11-6-8-12(17)9-7-11/h6-10,13H,2-5H2,1H3,(H,18,21)/t10-/m0/s1. The normalized spacial score (nSPS) is 16.4. The van der Waals surface area contributed by atoms with E-state index in [1.807, 2.05) is 19.1 Å². The van der Waals surface area contributed by atoms with Gasteiger partial charge in [0.25, 0.3) is 5.22 Å². The highest BCUT2D eigenvalue weighted by atomic mass is 35.5. The van der Waals surface area contributed by atoms with Crippen molar-refractivity contribution >= 4 is 29.3 Å². The first-order chi connectivity index (χ1) is 11.1. The van der Waals surface area contributed by atoms with Crippen molar-refractivity contribution in [3.8, 4) is 11.5 Å². The Morgan fingerprint density at radius 1 is 1.30 bits per heavy atom. The van der Waals surface area contributed by atoms with Gasteiger partial charge in [-0.1, -0.05) is 36.2 Å². The third kappa shape index (κ3) is 4.26. The molecule has 1 atom stereocenters. The minimum atomic E-state index is -0.269. The summed E-state index contributed by atoms with van der Waals surface area (Å²) in [6.07, 6.45) is 4.54. The van der Waals surface area contributed by atoms with Gasteiger partial charge in [-0.3, -0.25) is 4.79 Å². The van der Waals surface area contributed by atoms with Gasteiger partial charge in [0, 0.05) is 16.6 Å². The number of halogens is 1. The van der Waals surface area contributed by atoms with Crippen molar-refractivity contribution in [1.29, 1.82) is 0 Å². The summed E-state index contributed by atoms with van der Waals surface area (Å²) in [5, 5.41) is 11.9. The van der Waals surface area contributed by atoms with Crippen LogP contribution in [0.25, 0.3) is 11.5 Å². The summed E-state index contributed by atoms with van der Waals surface area (Å²) >= 11 is 7.14. The molecule has 1 aliphatic carbocycles. The predicted molar refractivity (Wildman–Crippen MR) is 90.5 cm³/mol. The zero-order chi connectivity index (χ0) is 16.2. The van der Waals surface area contributed by atoms with Crippen LogP contribution in [0.1, 0.15) is 32.6 Å². The van der Waals surface area contributed by atoms with Crippen LogP contribution in [-0.4, -0.2) is 27.4 Å². The van der Waals surface area contributed by atoms with E-state index in [4.69, 9.17) is 16.0 Å². The summed E-state index contributed by atoms with van der Waals surface area (Å²) in [5.74, 6) is 0.445. The van der Waals surface area contributed by atoms with Crippen LogP contribution in [0.15, 0.2) is 33.9 Å². The van der Waals surface area contributed by atoms with Gasteiger partial charge in [-0.05, 0) is 44.0 Å². The molecule has 0 bridgehead atoms. The molecule has 2 aromatic rings. The maximum absolute atomic E-state index is 12.2. The van der Waals surface area contributed by atoms with Gasteiger partial charge in [0.2, 0.25) is 11.8 Å². The molecule has 1 fully saturated rings. The number of hydrogen-bond donors (Lipinski definition) is 1. The van der Waals surface area contributed by atoms with Crippen LogP contribution in [0.5, 0.6) is 0 Å². The number of thioether (sulfide) groups is 1. The van der Waals surface area contributed by atoms with Crippen molar-refractivity contribution < 1.29 is 9.21 Å². The molecule has 0 saturated heterocycles. The summed E-state index contributed by atoms with van der Waals surface area (Å²) in [5.41, 5.74) is 0.803. The lowest BCUT2D eigenvalue weighted by molar-refractivity contribution is -0.120. The maximum Gasteiger partial charge on any atom is 0.277 e. The van der Waals surface area contributed by atoms with E-state index < -0.39 is 0 Å². The molecule has 1 aliphatic rings. The van der Waals surface area contributed by atoms with E-state index in [9.17, 15) is 4.79 Å². The van der Waals surface area contributed by atoms with Crippen LogP contribution < -0.4 is 5.32 Å². The summed E-state index contributed by atoms with van der Waals surface area (Å²) < 4.78 is 5.62. The van der Waals surface area contributed by atoms with E-state index >= 15 is 0 Å². The number of nitrogens with zero attached hydrogens (tertiary/aromatic N) is 2. The van der Waals surface area contributed by atoms with Crippen LogP contribution in [0.2, 0.25) is 5.02 Å². The Labute approximate surface area is 144 Å². The van der Waals surface area contributed by atoms with Gasteiger partial charge in [-0.2, -0.15) is 0 Å². The Kier molecular flexibility index (Phi) is 5.23. The summed E-state index contributed by atoms with van der Waals surface area (Å²) in [6.45, 7) is 1.85. The second kappa shape index (κ2) is 7.36. The highest BCUT2D eigenvalue weighted by Gasteiger charge is 2.23. The molecule has 0 unspecified atom stereocenters. The van der Waals surface area contributed by atoms with Gasteiger partial charge in [0.05, 0.1) is 5.25 Å². The van der Waals surface area contributed by atoms with Crippen molar-refractivity contribution in [3.05, 3.63) is 29.3 Å². The Morgan fingerprint density at radius 3 is 2.70 bits per heavy atom. The van der Waals surface area contributed by atoms with Gasteiger partial charge in [-0.15, -0.1) is 10.2 Å². The number of carbonyl (C=O) groups is 1. The molecule has 5 nitrogen and oxygen atoms in total. The molecule has 23 heavy (non-hydrogen) atoms. The van der Waals surface area contributed by atoms with Gasteiger partial charge in [-0.25, -0.2) is 0 Å². The molecule has 0 radical (unpaired) electrons. The predicted octanol–water partition coefficient (Wildman–Crippen LogP) is 3.93. The molecular weight excluding hydrogens is 334 g/mol. The molecule has 1 amide bonds. The van der Waals surface area contributed by atoms with Crippen LogP contribution in [0.3, 0.4) is 0 Å². The minimum Gasteiger partial charge on any atom is -0.411 e. The topological polar surface area (TPSA) is 68.0 Å². The van der Waals surface area contributed by atoms with Crippen LogP contribution >= 0.6 is 23.4 Å². The highest BCUT2D eigenvalue weighted by molar-refractivity contribution is 8.00. The molecule has 7 heteroatoms. The van der Waals surface area contributed by atoms with Crippen molar-refractivity contribution in [3.63, 3.8) is 0 Å². The fourth-order valence-electron chi connectivity index (χ4n) is 2.56. The van der Waals surface area contributed by atoms with Gasteiger partial charge in [0.1, 0.15) is 0 Å². The molecule has 1 aromatic carbocycles. The number of amides is 1. The SMILES string of the molecule is C[C@H](Sc1nnc(-c2ccc(Cl)cc2)o1)C(=O)NC1CCCC1. The summed E-state index contributed by atoms with van der Waals surface area (Å²) in [4.78, 5) is 12.2. The van der Waals surface area contributed by atoms with Gasteiger partial charge < -0.3 is 9.73 Å². The van der Waals surface area contributed by atoms with Crippen LogP contribution in [0.4, 0.5) is 0 Å². The van der Waals surface area contributed by atoms with Gasteiger partial charge >= 0.3 is 0 Å². The molecule has 1 heterocycles. The third-order valence-electron chi connectivity index (χ3n) is 3.85. The molecule has 0 aliphatic heterocycles. The molecule has 1 saturated carbocycles. The second-order valence-electron chi connectivity index (χ2n) is 5.63. The number of rotatable bonds is 5. The third-order valence-corrected chi connectivity index (χ3v) is 5.03. The molecule has 122 valence electrons. The molecule has 1 N–H and O–H groups in total. The number of carbonyl (C=O) groups excluding carboxylic acids is 1. The molecule has 0 spiro atoms. The molecule has 1 aromatic heterocycles. The summed E-state index contributed by atoms with van der Waals surface area (Å²) in [6, 6.07) is 7.50. The lowest BCUT2D eigenvalue weighted by Gasteiger charge is -2.14. The van der Waals surface area contributed by atoms with Crippen molar-refractivity contribution in [2.45, 2.75) is 49.1 Å². The second-order valence-corrected chi connectivity index (χ2v) is 7.36. The lowest BCUT2D eigenvalue weighted by Crippen LogP contribution is -2.37. The van der Waals surface area contributed by atoms with E-state index in [0.29, 0.717) is 22.2 Å². The summed E-state index contributed by atoms with van der Waals surface area (Å²) in [7, 11) is 0. The Hall–Kier alpha value is -1.53. The first-order valence-electron chi connectivity index (χ1n) is 7.68. The Morgan fingerprint density at radius 2 is 2.00 bits per heavy atom. The Bertz CT molecular complexity index is 668. The fourth-order valence-corrected chi connectivity index (χ4v) is 3.38. The highest BCUT2D eigenvalue weighted by Crippen LogP contribution is 2.27.